The van der Waals surface area contributed by atoms with Crippen molar-refractivity contribution < 1.29 is 9.59 Å². The van der Waals surface area contributed by atoms with E-state index in [0.717, 1.165) is 15.7 Å². The fourth-order valence-corrected chi connectivity index (χ4v) is 3.62. The minimum absolute atomic E-state index is 0.0378. The van der Waals surface area contributed by atoms with E-state index in [0.29, 0.717) is 18.2 Å². The van der Waals surface area contributed by atoms with Crippen molar-refractivity contribution in [3.8, 4) is 0 Å². The number of hydrogen-bond donors (Lipinski definition) is 0. The molecule has 0 saturated carbocycles. The quantitative estimate of drug-likeness (QED) is 0.784. The van der Waals surface area contributed by atoms with Crippen molar-refractivity contribution in [2.24, 2.45) is 5.41 Å². The van der Waals surface area contributed by atoms with Crippen LogP contribution in [-0.2, 0) is 16.1 Å². The maximum Gasteiger partial charge on any atom is 0.238 e. The topological polar surface area (TPSA) is 50.3 Å². The number of thiazole rings is 1. The number of allylic oxidation sites excluding steroid dienone is 1. The molecule has 0 atom stereocenters. The smallest absolute Gasteiger partial charge is 0.238 e. The van der Waals surface area contributed by atoms with Crippen LogP contribution in [0.25, 0.3) is 0 Å². The Morgan fingerprint density at radius 3 is 2.68 bits per heavy atom. The van der Waals surface area contributed by atoms with Gasteiger partial charge in [0, 0.05) is 22.8 Å². The molecule has 0 aliphatic carbocycles. The highest BCUT2D eigenvalue weighted by atomic mass is 32.2. The summed E-state index contributed by atoms with van der Waals surface area (Å²) in [5.41, 5.74) is 0.453. The first-order valence-corrected chi connectivity index (χ1v) is 9.18. The molecule has 1 aromatic rings. The van der Waals surface area contributed by atoms with E-state index in [1.54, 1.807) is 22.3 Å². The number of hydrogen-bond acceptors (Lipinski definition) is 5. The number of thioether (sulfide) groups is 1. The van der Waals surface area contributed by atoms with Gasteiger partial charge >= 0.3 is 0 Å². The highest BCUT2D eigenvalue weighted by Gasteiger charge is 2.30. The predicted molar refractivity (Wildman–Crippen MR) is 91.8 cm³/mol. The monoisotopic (exact) mass is 338 g/mol. The van der Waals surface area contributed by atoms with Crippen LogP contribution < -0.4 is 0 Å². The van der Waals surface area contributed by atoms with Crippen LogP contribution in [0.15, 0.2) is 16.5 Å². The number of rotatable bonds is 4. The van der Waals surface area contributed by atoms with Crippen LogP contribution in [-0.4, -0.2) is 27.3 Å². The summed E-state index contributed by atoms with van der Waals surface area (Å²) < 4.78 is 0. The lowest BCUT2D eigenvalue weighted by molar-refractivity contribution is -0.125. The number of carbonyl (C=O) groups is 2. The van der Waals surface area contributed by atoms with Gasteiger partial charge in [0.1, 0.15) is 0 Å². The number of aromatic nitrogens is 1. The standard InChI is InChI=1S/C16H22N2O2S2/c1-10(2)15-17-11(8-22-15)7-18-13(20)9-21-14(18)6-12(19)16(3,4)5/h6,8,10H,7,9H2,1-5H3/b14-6+. The van der Waals surface area contributed by atoms with Crippen LogP contribution in [0.2, 0.25) is 0 Å². The largest absolute Gasteiger partial charge is 0.300 e. The van der Waals surface area contributed by atoms with Crippen molar-refractivity contribution in [2.75, 3.05) is 5.75 Å². The van der Waals surface area contributed by atoms with E-state index < -0.39 is 5.41 Å². The van der Waals surface area contributed by atoms with Crippen LogP contribution in [0.1, 0.15) is 51.2 Å². The van der Waals surface area contributed by atoms with Crippen LogP contribution >= 0.6 is 23.1 Å². The second-order valence-corrected chi connectivity index (χ2v) is 8.58. The molecule has 1 saturated heterocycles. The van der Waals surface area contributed by atoms with Crippen molar-refractivity contribution >= 4 is 34.8 Å². The van der Waals surface area contributed by atoms with Gasteiger partial charge in [0.15, 0.2) is 5.78 Å². The molecule has 1 amide bonds. The molecule has 1 aromatic heterocycles. The maximum atomic E-state index is 12.2. The van der Waals surface area contributed by atoms with Crippen molar-refractivity contribution in [1.82, 2.24) is 9.88 Å². The molecule has 0 unspecified atom stereocenters. The van der Waals surface area contributed by atoms with E-state index in [1.807, 2.05) is 26.2 Å². The fraction of sp³-hybridized carbons (Fsp3) is 0.562. The summed E-state index contributed by atoms with van der Waals surface area (Å²) in [5.74, 6) is 0.859. The first-order chi connectivity index (χ1) is 10.2. The molecule has 22 heavy (non-hydrogen) atoms. The van der Waals surface area contributed by atoms with Crippen LogP contribution in [0.3, 0.4) is 0 Å². The van der Waals surface area contributed by atoms with Gasteiger partial charge in [0.2, 0.25) is 5.91 Å². The second-order valence-electron chi connectivity index (χ2n) is 6.70. The predicted octanol–water partition coefficient (Wildman–Crippen LogP) is 3.80. The molecule has 2 heterocycles. The molecule has 120 valence electrons. The van der Waals surface area contributed by atoms with Gasteiger partial charge in [-0.15, -0.1) is 11.3 Å². The molecule has 0 aromatic carbocycles. The average Bonchev–Trinajstić information content (AvgIpc) is 2.99. The van der Waals surface area contributed by atoms with E-state index in [2.05, 4.69) is 18.8 Å². The van der Waals surface area contributed by atoms with Crippen LogP contribution in [0.4, 0.5) is 0 Å². The van der Waals surface area contributed by atoms with E-state index >= 15 is 0 Å². The molecule has 2 rings (SSSR count). The zero-order chi connectivity index (χ0) is 16.5. The Kier molecular flexibility index (Phi) is 5.12. The average molecular weight is 338 g/mol. The Hall–Kier alpha value is -1.14. The lowest BCUT2D eigenvalue weighted by Crippen LogP contribution is -2.26. The highest BCUT2D eigenvalue weighted by molar-refractivity contribution is 8.04. The Morgan fingerprint density at radius 1 is 1.45 bits per heavy atom. The van der Waals surface area contributed by atoms with Crippen molar-refractivity contribution in [1.29, 1.82) is 0 Å². The maximum absolute atomic E-state index is 12.2. The Labute approximate surface area is 140 Å². The summed E-state index contributed by atoms with van der Waals surface area (Å²) in [6.45, 7) is 10.3. The number of carbonyl (C=O) groups excluding carboxylic acids is 2. The highest BCUT2D eigenvalue weighted by Crippen LogP contribution is 2.32. The third-order valence-electron chi connectivity index (χ3n) is 3.29. The van der Waals surface area contributed by atoms with Gasteiger partial charge in [-0.3, -0.25) is 14.5 Å². The summed E-state index contributed by atoms with van der Waals surface area (Å²) in [6, 6.07) is 0. The zero-order valence-corrected chi connectivity index (χ0v) is 15.3. The van der Waals surface area contributed by atoms with Gasteiger partial charge in [-0.25, -0.2) is 4.98 Å². The van der Waals surface area contributed by atoms with E-state index in [4.69, 9.17) is 0 Å². The fourth-order valence-electron chi connectivity index (χ4n) is 1.85. The molecule has 6 heteroatoms. The van der Waals surface area contributed by atoms with Crippen molar-refractivity contribution in [3.05, 3.63) is 27.2 Å². The van der Waals surface area contributed by atoms with Gasteiger partial charge in [-0.2, -0.15) is 0 Å². The molecule has 1 aliphatic heterocycles. The minimum atomic E-state index is -0.434. The summed E-state index contributed by atoms with van der Waals surface area (Å²) >= 11 is 3.05. The third kappa shape index (κ3) is 3.98. The summed E-state index contributed by atoms with van der Waals surface area (Å²) in [4.78, 5) is 30.5. The lowest BCUT2D eigenvalue weighted by Gasteiger charge is -2.18. The molecular weight excluding hydrogens is 316 g/mol. The van der Waals surface area contributed by atoms with Crippen LogP contribution in [0.5, 0.6) is 0 Å². The first kappa shape index (κ1) is 17.2. The minimum Gasteiger partial charge on any atom is -0.300 e. The van der Waals surface area contributed by atoms with Gasteiger partial charge in [-0.05, 0) is 0 Å². The third-order valence-corrected chi connectivity index (χ3v) is 5.51. The van der Waals surface area contributed by atoms with Crippen LogP contribution in [0, 0.1) is 5.41 Å². The summed E-state index contributed by atoms with van der Waals surface area (Å²) in [6.07, 6.45) is 1.60. The number of nitrogens with zero attached hydrogens (tertiary/aromatic N) is 2. The number of ketones is 1. The Balaban J connectivity index is 2.17. The molecule has 0 N–H and O–H groups in total. The van der Waals surface area contributed by atoms with Crippen molar-refractivity contribution in [2.45, 2.75) is 47.1 Å². The van der Waals surface area contributed by atoms with E-state index in [1.165, 1.54) is 11.8 Å². The van der Waals surface area contributed by atoms with Crippen molar-refractivity contribution in [3.63, 3.8) is 0 Å². The molecule has 0 bridgehead atoms. The van der Waals surface area contributed by atoms with Gasteiger partial charge in [0.25, 0.3) is 0 Å². The van der Waals surface area contributed by atoms with Gasteiger partial charge in [-0.1, -0.05) is 46.4 Å². The van der Waals surface area contributed by atoms with Gasteiger partial charge < -0.3 is 0 Å². The molecule has 4 nitrogen and oxygen atoms in total. The normalized spacial score (nSPS) is 17.8. The number of amides is 1. The Bertz CT molecular complexity index is 612. The molecular formula is C16H22N2O2S2. The molecule has 0 spiro atoms. The van der Waals surface area contributed by atoms with E-state index in [9.17, 15) is 9.59 Å². The molecule has 1 aliphatic rings. The SMILES string of the molecule is CC(C)c1nc(CN2C(=O)CS/C2=C/C(=O)C(C)(C)C)cs1. The first-order valence-electron chi connectivity index (χ1n) is 7.32. The second kappa shape index (κ2) is 6.54. The molecule has 0 radical (unpaired) electrons. The van der Waals surface area contributed by atoms with E-state index in [-0.39, 0.29) is 11.7 Å². The summed E-state index contributed by atoms with van der Waals surface area (Å²) in [7, 11) is 0. The van der Waals surface area contributed by atoms with Gasteiger partial charge in [0.05, 0.1) is 28.0 Å². The Morgan fingerprint density at radius 2 is 2.14 bits per heavy atom. The zero-order valence-electron chi connectivity index (χ0n) is 13.7. The lowest BCUT2D eigenvalue weighted by atomic mass is 9.91. The molecule has 1 fully saturated rings. The summed E-state index contributed by atoms with van der Waals surface area (Å²) in [5, 5.41) is 3.81.